The number of hydrogen-bond acceptors (Lipinski definition) is 5. The van der Waals surface area contributed by atoms with Gasteiger partial charge < -0.3 is 20.1 Å². The zero-order valence-electron chi connectivity index (χ0n) is 25.4. The number of nitrogens with zero attached hydrogens (tertiary/aromatic N) is 1. The molecule has 1 amide bonds. The molecule has 0 aliphatic carbocycles. The molecule has 0 heterocycles. The molecule has 1 atom stereocenters. The number of carbonyl (C=O) groups is 3. The Labute approximate surface area is 259 Å². The van der Waals surface area contributed by atoms with E-state index in [4.69, 9.17) is 4.74 Å². The topological polar surface area (TPSA) is 95.9 Å². The molecule has 4 aromatic rings. The van der Waals surface area contributed by atoms with Gasteiger partial charge in [0.1, 0.15) is 11.8 Å². The Morgan fingerprint density at radius 2 is 1.52 bits per heavy atom. The molecular formula is C37H40N2O5. The maximum atomic E-state index is 13.1. The van der Waals surface area contributed by atoms with Crippen LogP contribution < -0.4 is 15.0 Å². The molecule has 1 unspecified atom stereocenters. The molecule has 0 aliphatic rings. The molecule has 0 fully saturated rings. The maximum absolute atomic E-state index is 13.1. The van der Waals surface area contributed by atoms with Crippen molar-refractivity contribution in [1.82, 2.24) is 0 Å². The van der Waals surface area contributed by atoms with E-state index >= 15 is 0 Å². The fourth-order valence-corrected chi connectivity index (χ4v) is 5.02. The van der Waals surface area contributed by atoms with Gasteiger partial charge in [-0.3, -0.25) is 9.59 Å². The van der Waals surface area contributed by atoms with Crippen molar-refractivity contribution in [3.8, 4) is 5.75 Å². The average Bonchev–Trinajstić information content (AvgIpc) is 3.05. The standard InChI is InChI=1S/C37H40N2O5/c1-3-4-19-35(40)39(34-18-11-8-13-27(34)2)24-12-25-44-30-22-20-28(21-23-30)26-33(37(42)43)38-32-17-10-9-16-31(32)36(41)29-14-6-5-7-15-29/h5-11,13-18,20-23,33,38H,3-4,12,19,24-26H2,1-2H3,(H,42,43). The first-order chi connectivity index (χ1) is 21.4. The number of carboxylic acids is 1. The number of hydrogen-bond donors (Lipinski definition) is 2. The molecule has 0 saturated heterocycles. The first-order valence-corrected chi connectivity index (χ1v) is 15.1. The number of aliphatic carboxylic acids is 1. The van der Waals surface area contributed by atoms with E-state index < -0.39 is 12.0 Å². The number of rotatable bonds is 16. The Balaban J connectivity index is 1.34. The third-order valence-corrected chi connectivity index (χ3v) is 7.44. The van der Waals surface area contributed by atoms with E-state index in [2.05, 4.69) is 12.2 Å². The van der Waals surface area contributed by atoms with Crippen molar-refractivity contribution in [1.29, 1.82) is 0 Å². The van der Waals surface area contributed by atoms with Crippen LogP contribution in [0.25, 0.3) is 0 Å². The molecule has 0 aromatic heterocycles. The molecule has 0 spiro atoms. The molecule has 2 N–H and O–H groups in total. The minimum atomic E-state index is -1.01. The molecule has 4 rings (SSSR count). The number of ketones is 1. The Hall–Kier alpha value is -4.91. The highest BCUT2D eigenvalue weighted by molar-refractivity contribution is 6.12. The zero-order valence-corrected chi connectivity index (χ0v) is 25.4. The predicted molar refractivity (Wildman–Crippen MR) is 175 cm³/mol. The van der Waals surface area contributed by atoms with Crippen LogP contribution in [0, 0.1) is 6.92 Å². The van der Waals surface area contributed by atoms with Gasteiger partial charge in [-0.15, -0.1) is 0 Å². The van der Waals surface area contributed by atoms with Crippen molar-refractivity contribution >= 4 is 29.0 Å². The van der Waals surface area contributed by atoms with Crippen molar-refractivity contribution in [3.05, 3.63) is 125 Å². The summed E-state index contributed by atoms with van der Waals surface area (Å²) in [6, 6.07) is 30.2. The van der Waals surface area contributed by atoms with Crippen LogP contribution in [0.2, 0.25) is 0 Å². The second-order valence-electron chi connectivity index (χ2n) is 10.8. The minimum absolute atomic E-state index is 0.124. The monoisotopic (exact) mass is 592 g/mol. The summed E-state index contributed by atoms with van der Waals surface area (Å²) >= 11 is 0. The van der Waals surface area contributed by atoms with Crippen LogP contribution in [0.5, 0.6) is 5.75 Å². The summed E-state index contributed by atoms with van der Waals surface area (Å²) in [6.07, 6.45) is 3.24. The van der Waals surface area contributed by atoms with Crippen molar-refractivity contribution in [2.75, 3.05) is 23.4 Å². The largest absolute Gasteiger partial charge is 0.494 e. The van der Waals surface area contributed by atoms with Crippen molar-refractivity contribution in [3.63, 3.8) is 0 Å². The van der Waals surface area contributed by atoms with Gasteiger partial charge in [0.15, 0.2) is 5.78 Å². The molecule has 7 heteroatoms. The summed E-state index contributed by atoms with van der Waals surface area (Å²) in [5, 5.41) is 13.0. The van der Waals surface area contributed by atoms with Crippen LogP contribution in [0.15, 0.2) is 103 Å². The lowest BCUT2D eigenvalue weighted by atomic mass is 10.00. The van der Waals surface area contributed by atoms with Crippen LogP contribution in [-0.4, -0.2) is 42.0 Å². The van der Waals surface area contributed by atoms with Gasteiger partial charge in [0.25, 0.3) is 0 Å². The lowest BCUT2D eigenvalue weighted by molar-refractivity contribution is -0.137. The predicted octanol–water partition coefficient (Wildman–Crippen LogP) is 7.33. The summed E-state index contributed by atoms with van der Waals surface area (Å²) in [5.74, 6) is -0.392. The number of unbranched alkanes of at least 4 members (excludes halogenated alkanes) is 1. The second kappa shape index (κ2) is 16.1. The van der Waals surface area contributed by atoms with E-state index in [1.165, 1.54) is 0 Å². The Morgan fingerprint density at radius 3 is 2.23 bits per heavy atom. The SMILES string of the molecule is CCCCC(=O)N(CCCOc1ccc(CC(Nc2ccccc2C(=O)c2ccccc2)C(=O)O)cc1)c1ccccc1C. The zero-order chi connectivity index (χ0) is 31.3. The molecule has 44 heavy (non-hydrogen) atoms. The van der Waals surface area contributed by atoms with E-state index in [0.29, 0.717) is 48.6 Å². The fraction of sp³-hybridized carbons (Fsp3) is 0.270. The number of carbonyl (C=O) groups excluding carboxylic acids is 2. The number of amides is 1. The van der Waals surface area contributed by atoms with E-state index in [0.717, 1.165) is 29.7 Å². The van der Waals surface area contributed by atoms with Gasteiger partial charge in [-0.25, -0.2) is 4.79 Å². The Morgan fingerprint density at radius 1 is 0.841 bits per heavy atom. The number of benzene rings is 4. The smallest absolute Gasteiger partial charge is 0.326 e. The second-order valence-corrected chi connectivity index (χ2v) is 10.8. The number of carboxylic acid groups (broad SMARTS) is 1. The summed E-state index contributed by atoms with van der Waals surface area (Å²) in [4.78, 5) is 40.1. The highest BCUT2D eigenvalue weighted by atomic mass is 16.5. The van der Waals surface area contributed by atoms with Crippen LogP contribution in [0.4, 0.5) is 11.4 Å². The normalized spacial score (nSPS) is 11.4. The summed E-state index contributed by atoms with van der Waals surface area (Å²) in [5.41, 5.74) is 4.25. The van der Waals surface area contributed by atoms with Gasteiger partial charge in [0.05, 0.1) is 6.61 Å². The van der Waals surface area contributed by atoms with Crippen molar-refractivity contribution in [2.24, 2.45) is 0 Å². The number of nitrogens with one attached hydrogen (secondary N) is 1. The molecule has 0 saturated carbocycles. The first kappa shape index (κ1) is 32.0. The molecular weight excluding hydrogens is 552 g/mol. The molecule has 4 aromatic carbocycles. The molecule has 0 radical (unpaired) electrons. The summed E-state index contributed by atoms with van der Waals surface area (Å²) in [6.45, 7) is 5.10. The quantitative estimate of drug-likeness (QED) is 0.105. The fourth-order valence-electron chi connectivity index (χ4n) is 5.02. The van der Waals surface area contributed by atoms with Gasteiger partial charge in [-0.05, 0) is 61.2 Å². The molecule has 0 bridgehead atoms. The Kier molecular flexibility index (Phi) is 11.7. The molecule has 228 valence electrons. The highest BCUT2D eigenvalue weighted by Gasteiger charge is 2.22. The van der Waals surface area contributed by atoms with Gasteiger partial charge in [0, 0.05) is 41.9 Å². The lowest BCUT2D eigenvalue weighted by Gasteiger charge is -2.24. The van der Waals surface area contributed by atoms with E-state index in [-0.39, 0.29) is 18.1 Å². The van der Waals surface area contributed by atoms with Gasteiger partial charge in [0.2, 0.25) is 5.91 Å². The van der Waals surface area contributed by atoms with Crippen LogP contribution in [0.3, 0.4) is 0 Å². The summed E-state index contributed by atoms with van der Waals surface area (Å²) in [7, 11) is 0. The molecule has 7 nitrogen and oxygen atoms in total. The van der Waals surface area contributed by atoms with E-state index in [1.807, 2.05) is 66.4 Å². The minimum Gasteiger partial charge on any atom is -0.494 e. The summed E-state index contributed by atoms with van der Waals surface area (Å²) < 4.78 is 5.96. The third kappa shape index (κ3) is 8.80. The van der Waals surface area contributed by atoms with Crippen molar-refractivity contribution in [2.45, 2.75) is 52.0 Å². The maximum Gasteiger partial charge on any atom is 0.326 e. The van der Waals surface area contributed by atoms with Crippen LogP contribution in [-0.2, 0) is 16.0 Å². The lowest BCUT2D eigenvalue weighted by Crippen LogP contribution is -2.33. The Bertz CT molecular complexity index is 1540. The number of para-hydroxylation sites is 2. The van der Waals surface area contributed by atoms with Crippen molar-refractivity contribution < 1.29 is 24.2 Å². The number of anilines is 2. The molecule has 0 aliphatic heterocycles. The number of aryl methyl sites for hydroxylation is 1. The van der Waals surface area contributed by atoms with Crippen LogP contribution >= 0.6 is 0 Å². The van der Waals surface area contributed by atoms with Crippen LogP contribution in [0.1, 0.15) is 59.7 Å². The first-order valence-electron chi connectivity index (χ1n) is 15.1. The van der Waals surface area contributed by atoms with Gasteiger partial charge in [-0.2, -0.15) is 0 Å². The van der Waals surface area contributed by atoms with E-state index in [1.54, 1.807) is 48.5 Å². The van der Waals surface area contributed by atoms with E-state index in [9.17, 15) is 19.5 Å². The highest BCUT2D eigenvalue weighted by Crippen LogP contribution is 2.23. The third-order valence-electron chi connectivity index (χ3n) is 7.44. The van der Waals surface area contributed by atoms with Gasteiger partial charge >= 0.3 is 5.97 Å². The number of ether oxygens (including phenoxy) is 1. The van der Waals surface area contributed by atoms with Gasteiger partial charge in [-0.1, -0.05) is 86.1 Å². The average molecular weight is 593 g/mol.